The Hall–Kier alpha value is -3.24. The van der Waals surface area contributed by atoms with E-state index in [4.69, 9.17) is 14.0 Å². The van der Waals surface area contributed by atoms with Crippen molar-refractivity contribution >= 4 is 30.4 Å². The van der Waals surface area contributed by atoms with Gasteiger partial charge in [-0.25, -0.2) is 9.18 Å². The van der Waals surface area contributed by atoms with E-state index < -0.39 is 42.8 Å². The van der Waals surface area contributed by atoms with E-state index in [1.54, 1.807) is 30.3 Å². The van der Waals surface area contributed by atoms with Gasteiger partial charge in [0.25, 0.3) is 0 Å². The number of carbonyl (C=O) groups is 3. The second-order valence-corrected chi connectivity index (χ2v) is 7.38. The van der Waals surface area contributed by atoms with Crippen molar-refractivity contribution in [1.29, 1.82) is 0 Å². The van der Waals surface area contributed by atoms with Crippen molar-refractivity contribution in [3.8, 4) is 0 Å². The molecule has 2 atom stereocenters. The fraction of sp³-hybridized carbons (Fsp3) is 0.348. The fourth-order valence-electron chi connectivity index (χ4n) is 3.36. The first-order valence-electron chi connectivity index (χ1n) is 10.3. The summed E-state index contributed by atoms with van der Waals surface area (Å²) in [6, 6.07) is 11.1. The zero-order chi connectivity index (χ0) is 24.4. The van der Waals surface area contributed by atoms with Crippen LogP contribution in [0.15, 0.2) is 48.5 Å². The minimum absolute atomic E-state index is 0.0733. The Morgan fingerprint density at radius 1 is 0.909 bits per heavy atom. The van der Waals surface area contributed by atoms with Crippen LogP contribution in [-0.4, -0.2) is 58.3 Å². The molecule has 0 unspecified atom stereocenters. The SMILES string of the molecule is COB(OC)c1ccc(C[C@H](NC(=O)[C@H](Cc2ccccc2F)NC(C)=O)C(=O)OC)cc1. The third kappa shape index (κ3) is 7.69. The molecule has 8 nitrogen and oxygen atoms in total. The number of hydrogen-bond donors (Lipinski definition) is 2. The maximum atomic E-state index is 14.1. The molecule has 2 amide bonds. The average molecular weight is 458 g/mol. The van der Waals surface area contributed by atoms with E-state index >= 15 is 0 Å². The number of nitrogens with one attached hydrogen (secondary N) is 2. The van der Waals surface area contributed by atoms with Crippen LogP contribution in [0.3, 0.4) is 0 Å². The molecule has 0 fully saturated rings. The second-order valence-electron chi connectivity index (χ2n) is 7.38. The molecule has 0 aliphatic rings. The van der Waals surface area contributed by atoms with Gasteiger partial charge in [0.2, 0.25) is 11.8 Å². The second kappa shape index (κ2) is 12.7. The number of amides is 2. The highest BCUT2D eigenvalue weighted by Crippen LogP contribution is 2.11. The number of hydrogen-bond acceptors (Lipinski definition) is 6. The lowest BCUT2D eigenvalue weighted by atomic mass is 9.78. The van der Waals surface area contributed by atoms with Crippen LogP contribution in [0.25, 0.3) is 0 Å². The maximum absolute atomic E-state index is 14.1. The summed E-state index contributed by atoms with van der Waals surface area (Å²) in [5.74, 6) is -2.22. The first-order chi connectivity index (χ1) is 15.8. The smallest absolute Gasteiger partial charge is 0.467 e. The summed E-state index contributed by atoms with van der Waals surface area (Å²) < 4.78 is 29.4. The summed E-state index contributed by atoms with van der Waals surface area (Å²) in [5.41, 5.74) is 1.81. The minimum atomic E-state index is -1.07. The number of halogens is 1. The molecular weight excluding hydrogens is 430 g/mol. The molecule has 176 valence electrons. The van der Waals surface area contributed by atoms with Crippen LogP contribution < -0.4 is 16.1 Å². The standard InChI is InChI=1S/C23H28BFN2O6/c1-15(28)26-20(14-17-7-5-6-8-19(17)25)22(29)27-21(23(30)31-2)13-16-9-11-18(12-10-16)24(32-3)33-4/h5-12,20-21H,13-14H2,1-4H3,(H,26,28)(H,27,29)/t20-,21-/m0/s1. The van der Waals surface area contributed by atoms with E-state index in [9.17, 15) is 18.8 Å². The Morgan fingerprint density at radius 3 is 2.09 bits per heavy atom. The summed E-state index contributed by atoms with van der Waals surface area (Å²) in [6.45, 7) is 1.26. The largest absolute Gasteiger partial charge is 0.493 e. The summed E-state index contributed by atoms with van der Waals surface area (Å²) >= 11 is 0. The Labute approximate surface area is 192 Å². The van der Waals surface area contributed by atoms with Crippen LogP contribution in [0.2, 0.25) is 0 Å². The van der Waals surface area contributed by atoms with E-state index in [1.165, 1.54) is 46.5 Å². The van der Waals surface area contributed by atoms with Gasteiger partial charge in [-0.3, -0.25) is 9.59 Å². The highest BCUT2D eigenvalue weighted by Gasteiger charge is 2.28. The van der Waals surface area contributed by atoms with E-state index in [-0.39, 0.29) is 18.4 Å². The van der Waals surface area contributed by atoms with Crippen LogP contribution >= 0.6 is 0 Å². The summed E-state index contributed by atoms with van der Waals surface area (Å²) in [5, 5.41) is 5.14. The van der Waals surface area contributed by atoms with Gasteiger partial charge in [-0.05, 0) is 22.7 Å². The first-order valence-corrected chi connectivity index (χ1v) is 10.3. The Balaban J connectivity index is 2.17. The van der Waals surface area contributed by atoms with Crippen molar-refractivity contribution in [2.45, 2.75) is 31.8 Å². The van der Waals surface area contributed by atoms with Crippen molar-refractivity contribution in [3.63, 3.8) is 0 Å². The van der Waals surface area contributed by atoms with Gasteiger partial charge in [-0.15, -0.1) is 0 Å². The number of benzene rings is 2. The van der Waals surface area contributed by atoms with Crippen molar-refractivity contribution < 1.29 is 32.8 Å². The molecule has 2 N–H and O–H groups in total. The topological polar surface area (TPSA) is 103 Å². The zero-order valence-electron chi connectivity index (χ0n) is 19.1. The van der Waals surface area contributed by atoms with Gasteiger partial charge in [0.05, 0.1) is 7.11 Å². The monoisotopic (exact) mass is 458 g/mol. The molecule has 0 radical (unpaired) electrons. The molecule has 0 saturated heterocycles. The zero-order valence-corrected chi connectivity index (χ0v) is 19.1. The van der Waals surface area contributed by atoms with Gasteiger partial charge >= 0.3 is 13.1 Å². The molecule has 0 bridgehead atoms. The highest BCUT2D eigenvalue weighted by molar-refractivity contribution is 6.61. The molecule has 0 aromatic heterocycles. The molecule has 2 aromatic rings. The molecule has 33 heavy (non-hydrogen) atoms. The highest BCUT2D eigenvalue weighted by atomic mass is 19.1. The molecule has 2 rings (SSSR count). The Bertz CT molecular complexity index is 952. The van der Waals surface area contributed by atoms with Gasteiger partial charge in [0, 0.05) is 34.0 Å². The van der Waals surface area contributed by atoms with Crippen molar-refractivity contribution in [3.05, 3.63) is 65.5 Å². The van der Waals surface area contributed by atoms with Gasteiger partial charge in [-0.2, -0.15) is 0 Å². The van der Waals surface area contributed by atoms with Crippen LogP contribution in [0.5, 0.6) is 0 Å². The molecule has 0 aliphatic heterocycles. The normalized spacial score (nSPS) is 12.4. The number of carbonyl (C=O) groups excluding carboxylic acids is 3. The lowest BCUT2D eigenvalue weighted by molar-refractivity contribution is -0.145. The number of rotatable bonds is 11. The van der Waals surface area contributed by atoms with Crippen LogP contribution in [-0.2, 0) is 41.3 Å². The third-order valence-electron chi connectivity index (χ3n) is 5.00. The number of methoxy groups -OCH3 is 1. The summed E-state index contributed by atoms with van der Waals surface area (Å²) in [6.07, 6.45) is 0.0753. The third-order valence-corrected chi connectivity index (χ3v) is 5.00. The quantitative estimate of drug-likeness (QED) is 0.381. The van der Waals surface area contributed by atoms with Gasteiger partial charge in [-0.1, -0.05) is 42.5 Å². The average Bonchev–Trinajstić information content (AvgIpc) is 2.80. The van der Waals surface area contributed by atoms with Crippen molar-refractivity contribution in [2.75, 3.05) is 21.3 Å². The molecule has 2 aromatic carbocycles. The van der Waals surface area contributed by atoms with Gasteiger partial charge < -0.3 is 24.7 Å². The molecule has 0 aliphatic carbocycles. The van der Waals surface area contributed by atoms with Crippen molar-refractivity contribution in [1.82, 2.24) is 10.6 Å². The molecule has 0 saturated carbocycles. The fourth-order valence-corrected chi connectivity index (χ4v) is 3.36. The Kier molecular flexibility index (Phi) is 10.0. The lowest BCUT2D eigenvalue weighted by Crippen LogP contribution is -2.53. The van der Waals surface area contributed by atoms with E-state index in [0.717, 1.165) is 11.0 Å². The van der Waals surface area contributed by atoms with Gasteiger partial charge in [0.1, 0.15) is 17.9 Å². The van der Waals surface area contributed by atoms with Crippen molar-refractivity contribution in [2.24, 2.45) is 0 Å². The predicted octanol–water partition coefficient (Wildman–Crippen LogP) is 0.761. The predicted molar refractivity (Wildman–Crippen MR) is 121 cm³/mol. The molecule has 0 heterocycles. The Morgan fingerprint density at radius 2 is 1.55 bits per heavy atom. The van der Waals surface area contributed by atoms with E-state index in [1.807, 2.05) is 0 Å². The van der Waals surface area contributed by atoms with Crippen LogP contribution in [0.1, 0.15) is 18.1 Å². The first kappa shape index (κ1) is 26.0. The number of ether oxygens (including phenoxy) is 1. The molecule has 10 heteroatoms. The van der Waals surface area contributed by atoms with Gasteiger partial charge in [0.15, 0.2) is 0 Å². The van der Waals surface area contributed by atoms with Crippen LogP contribution in [0, 0.1) is 5.82 Å². The van der Waals surface area contributed by atoms with Crippen LogP contribution in [0.4, 0.5) is 4.39 Å². The lowest BCUT2D eigenvalue weighted by Gasteiger charge is -2.22. The van der Waals surface area contributed by atoms with E-state index in [2.05, 4.69) is 10.6 Å². The summed E-state index contributed by atoms with van der Waals surface area (Å²) in [7, 11) is 3.75. The molecule has 0 spiro atoms. The minimum Gasteiger partial charge on any atom is -0.467 e. The summed E-state index contributed by atoms with van der Waals surface area (Å²) in [4.78, 5) is 36.9. The van der Waals surface area contributed by atoms with E-state index in [0.29, 0.717) is 0 Å². The number of esters is 1. The maximum Gasteiger partial charge on any atom is 0.493 e. The molecular formula is C23H28BFN2O6.